The van der Waals surface area contributed by atoms with E-state index in [2.05, 4.69) is 42.0 Å². The Balaban J connectivity index is 4.64. The number of esters is 2. The number of phosphoric ester groups is 2. The first-order chi connectivity index (χ1) is 29.1. The van der Waals surface area contributed by atoms with Crippen LogP contribution in [0.5, 0.6) is 0 Å². The Hall–Kier alpha value is -1.70. The van der Waals surface area contributed by atoms with Crippen LogP contribution >= 0.6 is 15.6 Å². The number of unbranched alkanes of at least 4 members (excludes halogenated alkanes) is 18. The van der Waals surface area contributed by atoms with Crippen molar-refractivity contribution in [3.63, 3.8) is 0 Å². The fourth-order valence-electron chi connectivity index (χ4n) is 6.25. The van der Waals surface area contributed by atoms with E-state index in [1.807, 2.05) is 12.2 Å². The Morgan fingerprint density at radius 1 is 0.574 bits per heavy atom. The number of hydrogen-bond acceptors (Lipinski definition) is 11. The second-order valence-corrected chi connectivity index (χ2v) is 19.1. The van der Waals surface area contributed by atoms with Crippen molar-refractivity contribution in [1.29, 1.82) is 0 Å². The third-order valence-electron chi connectivity index (χ3n) is 9.80. The van der Waals surface area contributed by atoms with E-state index in [-0.39, 0.29) is 12.8 Å². The minimum Gasteiger partial charge on any atom is -0.462 e. The van der Waals surface area contributed by atoms with Crippen molar-refractivity contribution in [2.24, 2.45) is 5.92 Å². The van der Waals surface area contributed by atoms with Gasteiger partial charge in [0.25, 0.3) is 0 Å². The molecule has 0 aromatic rings. The van der Waals surface area contributed by atoms with Crippen molar-refractivity contribution >= 4 is 27.6 Å². The Kier molecular flexibility index (Phi) is 38.7. The molecule has 5 N–H and O–H groups in total. The average Bonchev–Trinajstić information content (AvgIpc) is 3.20. The minimum atomic E-state index is -4.88. The van der Waals surface area contributed by atoms with Crippen LogP contribution in [0.2, 0.25) is 0 Å². The van der Waals surface area contributed by atoms with Gasteiger partial charge in [-0.05, 0) is 44.4 Å². The molecular weight excluding hydrogens is 826 g/mol. The summed E-state index contributed by atoms with van der Waals surface area (Å²) in [4.78, 5) is 52.8. The SMILES string of the molecule is CCCCCCCC/C=C/C/C=C/C=C/C(O)CCCC(=O)OC[C@H](COP(=O)(O)OC[C@@H](O)COP(=O)(O)O)OC(=O)CCCCCCCCCCCCCCCC(C)C. The van der Waals surface area contributed by atoms with Crippen LogP contribution in [0.15, 0.2) is 36.5 Å². The zero-order valence-corrected chi connectivity index (χ0v) is 39.6. The first-order valence-corrected chi connectivity index (χ1v) is 26.2. The molecule has 0 saturated carbocycles. The first kappa shape index (κ1) is 59.3. The van der Waals surface area contributed by atoms with Gasteiger partial charge in [0.1, 0.15) is 12.7 Å². The predicted molar refractivity (Wildman–Crippen MR) is 241 cm³/mol. The van der Waals surface area contributed by atoms with E-state index in [1.54, 1.807) is 12.2 Å². The molecule has 4 atom stereocenters. The number of rotatable bonds is 43. The van der Waals surface area contributed by atoms with Crippen molar-refractivity contribution < 1.29 is 66.7 Å². The maximum absolute atomic E-state index is 12.7. The lowest BCUT2D eigenvalue weighted by atomic mass is 10.0. The lowest BCUT2D eigenvalue weighted by molar-refractivity contribution is -0.161. The molecule has 0 rings (SSSR count). The first-order valence-electron chi connectivity index (χ1n) is 23.1. The maximum atomic E-state index is 12.7. The Morgan fingerprint density at radius 3 is 1.72 bits per heavy atom. The van der Waals surface area contributed by atoms with E-state index in [9.17, 15) is 33.8 Å². The third kappa shape index (κ3) is 44.7. The summed E-state index contributed by atoms with van der Waals surface area (Å²) in [5.41, 5.74) is 0. The molecule has 0 saturated heterocycles. The van der Waals surface area contributed by atoms with E-state index in [0.717, 1.165) is 44.4 Å². The fraction of sp³-hybridized carbons (Fsp3) is 0.822. The molecular formula is C45H84O14P2. The number of allylic oxidation sites excluding steroid dienone is 5. The van der Waals surface area contributed by atoms with Gasteiger partial charge >= 0.3 is 27.6 Å². The summed E-state index contributed by atoms with van der Waals surface area (Å²) in [6.45, 7) is 3.88. The molecule has 0 aliphatic heterocycles. The van der Waals surface area contributed by atoms with Crippen molar-refractivity contribution in [2.75, 3.05) is 26.4 Å². The van der Waals surface area contributed by atoms with Crippen LogP contribution in [0.25, 0.3) is 0 Å². The van der Waals surface area contributed by atoms with Gasteiger partial charge in [0.15, 0.2) is 6.10 Å². The van der Waals surface area contributed by atoms with Crippen molar-refractivity contribution in [3.8, 4) is 0 Å². The largest absolute Gasteiger partial charge is 0.472 e. The van der Waals surface area contributed by atoms with E-state index in [1.165, 1.54) is 96.3 Å². The highest BCUT2D eigenvalue weighted by atomic mass is 31.2. The second kappa shape index (κ2) is 39.9. The zero-order chi connectivity index (χ0) is 45.5. The lowest BCUT2D eigenvalue weighted by Gasteiger charge is -2.20. The van der Waals surface area contributed by atoms with E-state index in [4.69, 9.17) is 23.8 Å². The molecule has 0 aliphatic rings. The molecule has 61 heavy (non-hydrogen) atoms. The number of ether oxygens (including phenoxy) is 2. The number of carbonyl (C=O) groups excluding carboxylic acids is 2. The van der Waals surface area contributed by atoms with Crippen LogP contribution in [0.3, 0.4) is 0 Å². The second-order valence-electron chi connectivity index (χ2n) is 16.4. The highest BCUT2D eigenvalue weighted by Crippen LogP contribution is 2.43. The summed E-state index contributed by atoms with van der Waals surface area (Å²) in [5.74, 6) is -0.431. The Bertz CT molecular complexity index is 1250. The Labute approximate surface area is 368 Å². The molecule has 14 nitrogen and oxygen atoms in total. The van der Waals surface area contributed by atoms with Gasteiger partial charge in [-0.1, -0.05) is 173 Å². The van der Waals surface area contributed by atoms with Crippen LogP contribution in [-0.2, 0) is 41.8 Å². The summed E-state index contributed by atoms with van der Waals surface area (Å²) < 4.78 is 47.7. The molecule has 0 radical (unpaired) electrons. The average molecular weight is 911 g/mol. The van der Waals surface area contributed by atoms with Gasteiger partial charge in [0, 0.05) is 12.8 Å². The molecule has 0 spiro atoms. The van der Waals surface area contributed by atoms with Crippen LogP contribution in [0.4, 0.5) is 0 Å². The van der Waals surface area contributed by atoms with Crippen molar-refractivity contribution in [2.45, 2.75) is 206 Å². The third-order valence-corrected chi connectivity index (χ3v) is 11.2. The van der Waals surface area contributed by atoms with E-state index in [0.29, 0.717) is 19.3 Å². The zero-order valence-electron chi connectivity index (χ0n) is 37.8. The molecule has 0 bridgehead atoms. The summed E-state index contributed by atoms with van der Waals surface area (Å²) in [5, 5.41) is 20.0. The van der Waals surface area contributed by atoms with Gasteiger partial charge in [0.2, 0.25) is 0 Å². The molecule has 0 aromatic carbocycles. The summed E-state index contributed by atoms with van der Waals surface area (Å²) in [6, 6.07) is 0. The summed E-state index contributed by atoms with van der Waals surface area (Å²) in [7, 11) is -9.73. The molecule has 0 aromatic heterocycles. The van der Waals surface area contributed by atoms with E-state index >= 15 is 0 Å². The van der Waals surface area contributed by atoms with Crippen molar-refractivity contribution in [1.82, 2.24) is 0 Å². The summed E-state index contributed by atoms with van der Waals surface area (Å²) in [6.07, 6.45) is 34.6. The molecule has 16 heteroatoms. The van der Waals surface area contributed by atoms with Gasteiger partial charge in [0.05, 0.1) is 25.9 Å². The smallest absolute Gasteiger partial charge is 0.462 e. The number of hydrogen-bond donors (Lipinski definition) is 5. The predicted octanol–water partition coefficient (Wildman–Crippen LogP) is 10.9. The maximum Gasteiger partial charge on any atom is 0.472 e. The van der Waals surface area contributed by atoms with Gasteiger partial charge in [-0.2, -0.15) is 0 Å². The number of carbonyl (C=O) groups is 2. The topological polar surface area (TPSA) is 216 Å². The lowest BCUT2D eigenvalue weighted by Crippen LogP contribution is -2.30. The van der Waals surface area contributed by atoms with Crippen LogP contribution < -0.4 is 0 Å². The highest BCUT2D eigenvalue weighted by Gasteiger charge is 2.28. The quantitative estimate of drug-likeness (QED) is 0.0127. The molecule has 2 unspecified atom stereocenters. The number of aliphatic hydroxyl groups is 2. The van der Waals surface area contributed by atoms with Crippen LogP contribution in [-0.4, -0.2) is 81.6 Å². The van der Waals surface area contributed by atoms with Gasteiger partial charge in [-0.25, -0.2) is 9.13 Å². The van der Waals surface area contributed by atoms with Crippen LogP contribution in [0.1, 0.15) is 188 Å². The Morgan fingerprint density at radius 2 is 1.11 bits per heavy atom. The highest BCUT2D eigenvalue weighted by molar-refractivity contribution is 7.47. The van der Waals surface area contributed by atoms with Crippen molar-refractivity contribution in [3.05, 3.63) is 36.5 Å². The molecule has 0 amide bonds. The molecule has 0 heterocycles. The standard InChI is InChI=1S/C45H84O14P2/c1-4-5-6-7-8-9-10-12-16-19-22-25-28-32-41(46)33-30-35-44(48)55-38-43(39-58-61(53,54)57-37-42(47)36-56-60(50,51)52)59-45(49)34-29-26-23-20-17-14-11-13-15-18-21-24-27-31-40(2)3/h12,16,22,25,28,32,40-43,46-47H,4-11,13-15,17-21,23-24,26-27,29-31,33-39H2,1-3H3,(H,53,54)(H2,50,51,52)/b16-12+,25-22+,32-28+/t41?,42-,43+/m0/s1. The summed E-state index contributed by atoms with van der Waals surface area (Å²) >= 11 is 0. The number of phosphoric acid groups is 2. The number of aliphatic hydroxyl groups excluding tert-OH is 2. The normalized spacial score (nSPS) is 14.9. The minimum absolute atomic E-state index is 0.0274. The molecule has 0 aliphatic carbocycles. The van der Waals surface area contributed by atoms with Gasteiger partial charge in [-0.3, -0.25) is 23.2 Å². The monoisotopic (exact) mass is 911 g/mol. The molecule has 358 valence electrons. The van der Waals surface area contributed by atoms with Crippen LogP contribution in [0, 0.1) is 5.92 Å². The van der Waals surface area contributed by atoms with E-state index < -0.39 is 72.3 Å². The van der Waals surface area contributed by atoms with Gasteiger partial charge < -0.3 is 34.4 Å². The fourth-order valence-corrected chi connectivity index (χ4v) is 7.40. The van der Waals surface area contributed by atoms with Gasteiger partial charge in [-0.15, -0.1) is 0 Å². The molecule has 0 fully saturated rings.